The van der Waals surface area contributed by atoms with E-state index in [9.17, 15) is 14.4 Å². The van der Waals surface area contributed by atoms with Gasteiger partial charge < -0.3 is 19.1 Å². The summed E-state index contributed by atoms with van der Waals surface area (Å²) in [6.07, 6.45) is 0.0211. The highest BCUT2D eigenvalue weighted by atomic mass is 16.6. The maximum atomic E-state index is 12.7. The minimum Gasteiger partial charge on any atom is -0.465 e. The lowest BCUT2D eigenvalue weighted by Gasteiger charge is -2.30. The molecule has 0 heterocycles. The molecule has 3 rings (SSSR count). The molecule has 8 nitrogen and oxygen atoms in total. The van der Waals surface area contributed by atoms with Crippen molar-refractivity contribution in [2.24, 2.45) is 0 Å². The van der Waals surface area contributed by atoms with Crippen molar-refractivity contribution in [1.82, 2.24) is 4.90 Å². The summed E-state index contributed by atoms with van der Waals surface area (Å²) in [4.78, 5) is 38.1. The van der Waals surface area contributed by atoms with Crippen LogP contribution in [0.1, 0.15) is 68.4 Å². The standard InChI is InChI=1S/C27H34N2O6/c1-17(2)29(26(32)35-27(3,4)5)23-15-22(23)19-9-7-18(8-10-19)16-34-25(31)28-21-13-11-20(12-14-21)24(30)33-6/h7-14,17,22-23H,15-16H2,1-6H3,(H,28,31)/t22?,23-/m0/s1. The van der Waals surface area contributed by atoms with E-state index in [1.54, 1.807) is 24.3 Å². The molecule has 0 spiro atoms. The predicted molar refractivity (Wildman–Crippen MR) is 132 cm³/mol. The summed E-state index contributed by atoms with van der Waals surface area (Å²) in [5.74, 6) is -0.182. The van der Waals surface area contributed by atoms with E-state index in [0.717, 1.165) is 17.5 Å². The summed E-state index contributed by atoms with van der Waals surface area (Å²) in [5, 5.41) is 2.63. The van der Waals surface area contributed by atoms with Crippen molar-refractivity contribution in [2.45, 2.75) is 71.2 Å². The Morgan fingerprint density at radius 1 is 1.03 bits per heavy atom. The highest BCUT2D eigenvalue weighted by molar-refractivity contribution is 5.91. The van der Waals surface area contributed by atoms with E-state index in [1.807, 2.05) is 63.8 Å². The Hall–Kier alpha value is -3.55. The summed E-state index contributed by atoms with van der Waals surface area (Å²) in [7, 11) is 1.31. The van der Waals surface area contributed by atoms with Crippen LogP contribution in [0.2, 0.25) is 0 Å². The molecule has 2 aromatic rings. The van der Waals surface area contributed by atoms with Crippen LogP contribution < -0.4 is 5.32 Å². The maximum absolute atomic E-state index is 12.7. The molecule has 1 aliphatic carbocycles. The Kier molecular flexibility index (Phi) is 8.04. The van der Waals surface area contributed by atoms with Crippen LogP contribution >= 0.6 is 0 Å². The van der Waals surface area contributed by atoms with Crippen molar-refractivity contribution in [3.63, 3.8) is 0 Å². The van der Waals surface area contributed by atoms with Crippen LogP contribution in [-0.2, 0) is 20.8 Å². The van der Waals surface area contributed by atoms with E-state index in [1.165, 1.54) is 7.11 Å². The van der Waals surface area contributed by atoms with E-state index < -0.39 is 17.7 Å². The first-order valence-corrected chi connectivity index (χ1v) is 11.7. The Labute approximate surface area is 206 Å². The average molecular weight is 483 g/mol. The molecule has 0 saturated heterocycles. The number of amides is 2. The topological polar surface area (TPSA) is 94.2 Å². The first-order chi connectivity index (χ1) is 16.5. The number of benzene rings is 2. The molecule has 2 amide bonds. The number of anilines is 1. The van der Waals surface area contributed by atoms with Gasteiger partial charge in [-0.1, -0.05) is 24.3 Å². The molecule has 2 atom stereocenters. The number of nitrogens with one attached hydrogen (secondary N) is 1. The normalized spacial score (nSPS) is 16.9. The highest BCUT2D eigenvalue weighted by Gasteiger charge is 2.46. The third-order valence-electron chi connectivity index (χ3n) is 5.60. The van der Waals surface area contributed by atoms with Crippen LogP contribution in [0.4, 0.5) is 15.3 Å². The number of carbonyl (C=O) groups is 3. The molecule has 1 fully saturated rings. The van der Waals surface area contributed by atoms with E-state index >= 15 is 0 Å². The zero-order valence-electron chi connectivity index (χ0n) is 21.2. The van der Waals surface area contributed by atoms with Gasteiger partial charge in [-0.25, -0.2) is 14.4 Å². The van der Waals surface area contributed by atoms with Gasteiger partial charge in [-0.05, 0) is 76.4 Å². The second kappa shape index (κ2) is 10.8. The summed E-state index contributed by atoms with van der Waals surface area (Å²) in [5.41, 5.74) is 2.37. The van der Waals surface area contributed by atoms with Crippen molar-refractivity contribution < 1.29 is 28.6 Å². The van der Waals surface area contributed by atoms with Gasteiger partial charge in [-0.2, -0.15) is 0 Å². The molecule has 0 aromatic heterocycles. The number of ether oxygens (including phenoxy) is 3. The van der Waals surface area contributed by atoms with E-state index in [0.29, 0.717) is 11.3 Å². The van der Waals surface area contributed by atoms with Crippen LogP contribution in [0, 0.1) is 0 Å². The molecule has 8 heteroatoms. The Balaban J connectivity index is 1.51. The minimum atomic E-state index is -0.591. The lowest BCUT2D eigenvalue weighted by Crippen LogP contribution is -2.42. The van der Waals surface area contributed by atoms with Crippen LogP contribution in [-0.4, -0.2) is 47.9 Å². The number of hydrogen-bond acceptors (Lipinski definition) is 6. The van der Waals surface area contributed by atoms with Gasteiger partial charge in [0.2, 0.25) is 0 Å². The fourth-order valence-electron chi connectivity index (χ4n) is 3.86. The first kappa shape index (κ1) is 26.1. The summed E-state index contributed by atoms with van der Waals surface area (Å²) < 4.78 is 15.6. The second-order valence-corrected chi connectivity index (χ2v) is 9.90. The molecule has 35 heavy (non-hydrogen) atoms. The van der Waals surface area contributed by atoms with Gasteiger partial charge in [0.25, 0.3) is 0 Å². The van der Waals surface area contributed by atoms with Crippen molar-refractivity contribution in [3.8, 4) is 0 Å². The van der Waals surface area contributed by atoms with Crippen molar-refractivity contribution >= 4 is 23.8 Å². The molecular formula is C27H34N2O6. The number of carbonyl (C=O) groups excluding carboxylic acids is 3. The van der Waals surface area contributed by atoms with E-state index in [4.69, 9.17) is 9.47 Å². The summed E-state index contributed by atoms with van der Waals surface area (Å²) in [6.45, 7) is 9.73. The third kappa shape index (κ3) is 7.21. The SMILES string of the molecule is COC(=O)c1ccc(NC(=O)OCc2ccc(C3C[C@@H]3N(C(=O)OC(C)(C)C)C(C)C)cc2)cc1. The summed E-state index contributed by atoms with van der Waals surface area (Å²) in [6, 6.07) is 14.4. The maximum Gasteiger partial charge on any atom is 0.411 e. The monoisotopic (exact) mass is 482 g/mol. The Bertz CT molecular complexity index is 1040. The van der Waals surface area contributed by atoms with Gasteiger partial charge in [0.1, 0.15) is 12.2 Å². The lowest BCUT2D eigenvalue weighted by molar-refractivity contribution is 0.0167. The van der Waals surface area contributed by atoms with Gasteiger partial charge in [-0.3, -0.25) is 5.32 Å². The highest BCUT2D eigenvalue weighted by Crippen LogP contribution is 2.46. The minimum absolute atomic E-state index is 0.0442. The van der Waals surface area contributed by atoms with Gasteiger partial charge >= 0.3 is 18.2 Å². The first-order valence-electron chi connectivity index (χ1n) is 11.7. The molecule has 0 radical (unpaired) electrons. The smallest absolute Gasteiger partial charge is 0.411 e. The van der Waals surface area contributed by atoms with Crippen LogP contribution in [0.25, 0.3) is 0 Å². The average Bonchev–Trinajstić information content (AvgIpc) is 3.56. The van der Waals surface area contributed by atoms with Gasteiger partial charge in [0, 0.05) is 23.7 Å². The molecule has 1 saturated carbocycles. The number of hydrogen-bond donors (Lipinski definition) is 1. The number of methoxy groups -OCH3 is 1. The van der Waals surface area contributed by atoms with Crippen molar-refractivity contribution in [2.75, 3.05) is 12.4 Å². The van der Waals surface area contributed by atoms with Gasteiger partial charge in [0.15, 0.2) is 0 Å². The van der Waals surface area contributed by atoms with Crippen LogP contribution in [0.15, 0.2) is 48.5 Å². The fourth-order valence-corrected chi connectivity index (χ4v) is 3.86. The molecule has 0 aliphatic heterocycles. The van der Waals surface area contributed by atoms with Crippen LogP contribution in [0.3, 0.4) is 0 Å². The molecule has 0 bridgehead atoms. The van der Waals surface area contributed by atoms with Crippen LogP contribution in [0.5, 0.6) is 0 Å². The molecular weight excluding hydrogens is 448 g/mol. The summed E-state index contributed by atoms with van der Waals surface area (Å²) >= 11 is 0. The predicted octanol–water partition coefficient (Wildman–Crippen LogP) is 5.72. The van der Waals surface area contributed by atoms with E-state index in [-0.39, 0.29) is 30.7 Å². The third-order valence-corrected chi connectivity index (χ3v) is 5.60. The molecule has 2 aromatic carbocycles. The number of rotatable bonds is 7. The van der Waals surface area contributed by atoms with E-state index in [2.05, 4.69) is 10.1 Å². The fraction of sp³-hybridized carbons (Fsp3) is 0.444. The molecule has 1 unspecified atom stereocenters. The zero-order valence-corrected chi connectivity index (χ0v) is 21.2. The number of nitrogens with zero attached hydrogens (tertiary/aromatic N) is 1. The lowest BCUT2D eigenvalue weighted by atomic mass is 10.1. The van der Waals surface area contributed by atoms with Crippen molar-refractivity contribution in [1.29, 1.82) is 0 Å². The van der Waals surface area contributed by atoms with Gasteiger partial charge in [-0.15, -0.1) is 0 Å². The largest absolute Gasteiger partial charge is 0.465 e. The molecule has 188 valence electrons. The molecule has 1 N–H and O–H groups in total. The molecule has 1 aliphatic rings. The quantitative estimate of drug-likeness (QED) is 0.400. The number of esters is 1. The zero-order chi connectivity index (χ0) is 25.8. The Morgan fingerprint density at radius 2 is 1.66 bits per heavy atom. The second-order valence-electron chi connectivity index (χ2n) is 9.90. The van der Waals surface area contributed by atoms with Crippen molar-refractivity contribution in [3.05, 3.63) is 65.2 Å². The Morgan fingerprint density at radius 3 is 2.20 bits per heavy atom. The van der Waals surface area contributed by atoms with Gasteiger partial charge in [0.05, 0.1) is 12.7 Å².